The molecule has 2 aromatic carbocycles. The highest BCUT2D eigenvalue weighted by Crippen LogP contribution is 2.37. The number of piperazine rings is 1. The molecule has 1 aliphatic heterocycles. The van der Waals surface area contributed by atoms with Gasteiger partial charge in [-0.05, 0) is 25.2 Å². The van der Waals surface area contributed by atoms with Crippen molar-refractivity contribution >= 4 is 11.0 Å². The molecule has 0 radical (unpaired) electrons. The second kappa shape index (κ2) is 7.31. The van der Waals surface area contributed by atoms with Gasteiger partial charge in [0.2, 0.25) is 0 Å². The molecule has 0 bridgehead atoms. The van der Waals surface area contributed by atoms with E-state index in [1.807, 2.05) is 7.05 Å². The molecule has 0 amide bonds. The normalized spacial score (nSPS) is 15.8. The van der Waals surface area contributed by atoms with E-state index in [4.69, 9.17) is 4.42 Å². The number of phenols is 4. The topological polar surface area (TPSA) is 118 Å². The minimum atomic E-state index is -0.467. The summed E-state index contributed by atoms with van der Waals surface area (Å²) in [4.78, 5) is 17.1. The van der Waals surface area contributed by atoms with Crippen LogP contribution in [0.25, 0.3) is 22.3 Å². The third-order valence-electron chi connectivity index (χ3n) is 5.30. The molecule has 3 aromatic rings. The zero-order chi connectivity index (χ0) is 20.7. The van der Waals surface area contributed by atoms with Gasteiger partial charge in [0.15, 0.2) is 22.5 Å². The maximum absolute atomic E-state index is 12.7. The van der Waals surface area contributed by atoms with Crippen LogP contribution >= 0.6 is 0 Å². The van der Waals surface area contributed by atoms with Crippen LogP contribution in [0, 0.1) is 0 Å². The Morgan fingerprint density at radius 1 is 0.897 bits per heavy atom. The molecular formula is C21H22N2O6. The van der Waals surface area contributed by atoms with Crippen molar-refractivity contribution in [2.24, 2.45) is 0 Å². The van der Waals surface area contributed by atoms with Crippen molar-refractivity contribution in [1.29, 1.82) is 0 Å². The van der Waals surface area contributed by atoms with E-state index in [2.05, 4.69) is 9.80 Å². The van der Waals surface area contributed by atoms with Crippen LogP contribution in [-0.2, 0) is 6.54 Å². The first-order valence-corrected chi connectivity index (χ1v) is 9.28. The van der Waals surface area contributed by atoms with Gasteiger partial charge in [0.1, 0.15) is 22.6 Å². The highest BCUT2D eigenvalue weighted by Gasteiger charge is 2.22. The fourth-order valence-electron chi connectivity index (χ4n) is 3.56. The zero-order valence-electron chi connectivity index (χ0n) is 15.9. The number of aromatic hydroxyl groups is 4. The smallest absolute Gasteiger partial charge is 0.197 e. The standard InChI is InChI=1S/C21H22N2O6/c1-22-4-6-23(7-5-22)11-13-15(25)9-17(27)20-18(28)10-19(29-21(13)20)12-2-3-14(24)16(26)8-12/h2-3,8-10,24-27H,4-7,11H2,1H3. The molecule has 8 heteroatoms. The molecule has 8 nitrogen and oxygen atoms in total. The fourth-order valence-corrected chi connectivity index (χ4v) is 3.56. The number of nitrogens with zero attached hydrogens (tertiary/aromatic N) is 2. The quantitative estimate of drug-likeness (QED) is 0.495. The van der Waals surface area contributed by atoms with Gasteiger partial charge >= 0.3 is 0 Å². The van der Waals surface area contributed by atoms with E-state index in [-0.39, 0.29) is 39.7 Å². The van der Waals surface area contributed by atoms with Gasteiger partial charge in [-0.3, -0.25) is 9.69 Å². The second-order valence-corrected chi connectivity index (χ2v) is 7.36. The lowest BCUT2D eigenvalue weighted by Crippen LogP contribution is -2.43. The molecule has 0 saturated carbocycles. The van der Waals surface area contributed by atoms with Crippen LogP contribution in [0.5, 0.6) is 23.0 Å². The third-order valence-corrected chi connectivity index (χ3v) is 5.30. The summed E-state index contributed by atoms with van der Waals surface area (Å²) < 4.78 is 5.93. The Hall–Kier alpha value is -3.23. The zero-order valence-corrected chi connectivity index (χ0v) is 15.9. The summed E-state index contributed by atoms with van der Waals surface area (Å²) in [5.74, 6) is -0.983. The highest BCUT2D eigenvalue weighted by atomic mass is 16.3. The van der Waals surface area contributed by atoms with Crippen molar-refractivity contribution in [2.75, 3.05) is 33.2 Å². The summed E-state index contributed by atoms with van der Waals surface area (Å²) in [5, 5.41) is 40.0. The molecule has 0 unspecified atom stereocenters. The minimum Gasteiger partial charge on any atom is -0.507 e. The summed E-state index contributed by atoms with van der Waals surface area (Å²) in [6, 6.07) is 6.45. The van der Waals surface area contributed by atoms with Crippen LogP contribution in [0.15, 0.2) is 39.5 Å². The number of phenolic OH excluding ortho intramolecular Hbond substituents is 4. The van der Waals surface area contributed by atoms with Crippen molar-refractivity contribution in [3.05, 3.63) is 46.1 Å². The molecule has 29 heavy (non-hydrogen) atoms. The summed E-state index contributed by atoms with van der Waals surface area (Å²) in [5.41, 5.74) is 0.444. The average molecular weight is 398 g/mol. The van der Waals surface area contributed by atoms with Gasteiger partial charge < -0.3 is 29.7 Å². The average Bonchev–Trinajstić information content (AvgIpc) is 2.68. The van der Waals surface area contributed by atoms with Crippen LogP contribution in [0.2, 0.25) is 0 Å². The number of fused-ring (bicyclic) bond motifs is 1. The van der Waals surface area contributed by atoms with Gasteiger partial charge in [-0.25, -0.2) is 0 Å². The molecule has 1 aromatic heterocycles. The van der Waals surface area contributed by atoms with Crippen molar-refractivity contribution in [1.82, 2.24) is 9.80 Å². The number of benzene rings is 2. The summed E-state index contributed by atoms with van der Waals surface area (Å²) in [6.07, 6.45) is 0. The SMILES string of the molecule is CN1CCN(Cc2c(O)cc(O)c3c(=O)cc(-c4ccc(O)c(O)c4)oc23)CC1. The molecule has 4 N–H and O–H groups in total. The van der Waals surface area contributed by atoms with Crippen LogP contribution in [0.1, 0.15) is 5.56 Å². The number of hydrogen-bond acceptors (Lipinski definition) is 8. The lowest BCUT2D eigenvalue weighted by molar-refractivity contribution is 0.147. The first-order chi connectivity index (χ1) is 13.8. The molecule has 2 heterocycles. The van der Waals surface area contributed by atoms with Gasteiger partial charge in [-0.2, -0.15) is 0 Å². The Bertz CT molecular complexity index is 1130. The van der Waals surface area contributed by atoms with Crippen LogP contribution in [-0.4, -0.2) is 63.5 Å². The van der Waals surface area contributed by atoms with E-state index >= 15 is 0 Å². The maximum Gasteiger partial charge on any atom is 0.197 e. The van der Waals surface area contributed by atoms with E-state index in [0.717, 1.165) is 32.2 Å². The van der Waals surface area contributed by atoms with E-state index in [0.29, 0.717) is 17.7 Å². The Kier molecular flexibility index (Phi) is 4.81. The van der Waals surface area contributed by atoms with Gasteiger partial charge in [0.05, 0.1) is 5.56 Å². The van der Waals surface area contributed by atoms with E-state index in [1.165, 1.54) is 24.3 Å². The molecule has 1 aliphatic rings. The molecule has 0 atom stereocenters. The number of likely N-dealkylation sites (N-methyl/N-ethyl adjacent to an activating group) is 1. The predicted octanol–water partition coefficient (Wildman–Crippen LogP) is 2.03. The van der Waals surface area contributed by atoms with Gasteiger partial charge in [0.25, 0.3) is 0 Å². The number of hydrogen-bond donors (Lipinski definition) is 4. The Labute approximate surface area is 166 Å². The minimum absolute atomic E-state index is 0.00122. The van der Waals surface area contributed by atoms with E-state index < -0.39 is 5.43 Å². The molecule has 0 aliphatic carbocycles. The predicted molar refractivity (Wildman–Crippen MR) is 107 cm³/mol. The van der Waals surface area contributed by atoms with Crippen molar-refractivity contribution in [3.63, 3.8) is 0 Å². The fraction of sp³-hybridized carbons (Fsp3) is 0.286. The van der Waals surface area contributed by atoms with Gasteiger partial charge in [-0.1, -0.05) is 0 Å². The van der Waals surface area contributed by atoms with Crippen molar-refractivity contribution < 1.29 is 24.8 Å². The van der Waals surface area contributed by atoms with Crippen LogP contribution in [0.4, 0.5) is 0 Å². The Morgan fingerprint density at radius 2 is 1.62 bits per heavy atom. The highest BCUT2D eigenvalue weighted by molar-refractivity contribution is 5.89. The van der Waals surface area contributed by atoms with Crippen LogP contribution in [0.3, 0.4) is 0 Å². The molecule has 1 saturated heterocycles. The molecule has 4 rings (SSSR count). The lowest BCUT2D eigenvalue weighted by Gasteiger charge is -2.32. The maximum atomic E-state index is 12.7. The Balaban J connectivity index is 1.85. The third kappa shape index (κ3) is 3.59. The molecule has 1 fully saturated rings. The molecule has 152 valence electrons. The molecule has 0 spiro atoms. The lowest BCUT2D eigenvalue weighted by atomic mass is 10.1. The van der Waals surface area contributed by atoms with Crippen molar-refractivity contribution in [3.8, 4) is 34.3 Å². The van der Waals surface area contributed by atoms with Gasteiger partial charge in [-0.15, -0.1) is 0 Å². The second-order valence-electron chi connectivity index (χ2n) is 7.36. The first kappa shape index (κ1) is 19.1. The number of rotatable bonds is 3. The monoisotopic (exact) mass is 398 g/mol. The first-order valence-electron chi connectivity index (χ1n) is 9.28. The van der Waals surface area contributed by atoms with E-state index in [9.17, 15) is 25.2 Å². The summed E-state index contributed by atoms with van der Waals surface area (Å²) in [6.45, 7) is 3.74. The van der Waals surface area contributed by atoms with E-state index in [1.54, 1.807) is 0 Å². The molecular weight excluding hydrogens is 376 g/mol. The largest absolute Gasteiger partial charge is 0.507 e. The van der Waals surface area contributed by atoms with Crippen molar-refractivity contribution in [2.45, 2.75) is 6.54 Å². The summed E-state index contributed by atoms with van der Waals surface area (Å²) in [7, 11) is 2.04. The summed E-state index contributed by atoms with van der Waals surface area (Å²) >= 11 is 0. The Morgan fingerprint density at radius 3 is 2.31 bits per heavy atom. The van der Waals surface area contributed by atoms with Crippen LogP contribution < -0.4 is 5.43 Å². The van der Waals surface area contributed by atoms with Gasteiger partial charge in [0, 0.05) is 50.4 Å².